The first kappa shape index (κ1) is 22.2. The maximum Gasteiger partial charge on any atom is 0.224 e. The van der Waals surface area contributed by atoms with Crippen molar-refractivity contribution in [1.29, 1.82) is 0 Å². The number of anilines is 3. The van der Waals surface area contributed by atoms with Crippen molar-refractivity contribution in [2.45, 2.75) is 57.0 Å². The van der Waals surface area contributed by atoms with Gasteiger partial charge in [-0.15, -0.1) is 0 Å². The number of primary amides is 1. The van der Waals surface area contributed by atoms with E-state index in [4.69, 9.17) is 33.9 Å². The van der Waals surface area contributed by atoms with E-state index >= 15 is 0 Å². The van der Waals surface area contributed by atoms with E-state index in [-0.39, 0.29) is 33.6 Å². The number of nitrogens with one attached hydrogen (secondary N) is 2. The van der Waals surface area contributed by atoms with Crippen LogP contribution in [-0.4, -0.2) is 31.5 Å². The van der Waals surface area contributed by atoms with Gasteiger partial charge in [-0.05, 0) is 57.1 Å². The number of fused-ring (bicyclic) bond motifs is 1. The van der Waals surface area contributed by atoms with E-state index in [0.717, 1.165) is 25.7 Å². The van der Waals surface area contributed by atoms with Gasteiger partial charge in [0.05, 0.1) is 16.9 Å². The number of benzene rings is 1. The zero-order chi connectivity index (χ0) is 23.1. The Morgan fingerprint density at radius 2 is 1.88 bits per heavy atom. The Labute approximate surface area is 200 Å². The molecule has 33 heavy (non-hydrogen) atoms. The molecule has 3 aromatic rings. The summed E-state index contributed by atoms with van der Waals surface area (Å²) in [6.45, 7) is 0. The van der Waals surface area contributed by atoms with Gasteiger partial charge >= 0.3 is 0 Å². The highest BCUT2D eigenvalue weighted by atomic mass is 35.5. The molecule has 2 aliphatic rings. The van der Waals surface area contributed by atoms with Gasteiger partial charge in [0.2, 0.25) is 17.8 Å². The smallest absolute Gasteiger partial charge is 0.224 e. The van der Waals surface area contributed by atoms with E-state index in [1.54, 1.807) is 6.20 Å². The van der Waals surface area contributed by atoms with Crippen LogP contribution in [0.15, 0.2) is 18.3 Å². The first-order valence-electron chi connectivity index (χ1n) is 11.1. The fourth-order valence-electron chi connectivity index (χ4n) is 4.52. The third-order valence-electron chi connectivity index (χ3n) is 6.58. The summed E-state index contributed by atoms with van der Waals surface area (Å²) in [7, 11) is 0. The van der Waals surface area contributed by atoms with Crippen molar-refractivity contribution in [3.8, 4) is 0 Å². The second kappa shape index (κ2) is 8.95. The number of aromatic nitrogens is 4. The lowest BCUT2D eigenvalue weighted by Crippen LogP contribution is -2.29. The largest absolute Gasteiger partial charge is 0.369 e. The summed E-state index contributed by atoms with van der Waals surface area (Å²) in [6, 6.07) is 3.06. The highest BCUT2D eigenvalue weighted by molar-refractivity contribution is 6.36. The lowest BCUT2D eigenvalue weighted by atomic mass is 9.85. The maximum atomic E-state index is 14.7. The molecule has 4 N–H and O–H groups in total. The molecule has 0 unspecified atom stereocenters. The van der Waals surface area contributed by atoms with Crippen LogP contribution in [0.4, 0.5) is 22.0 Å². The molecule has 2 heterocycles. The molecule has 0 aliphatic heterocycles. The molecular formula is C22H24Cl2FN7O. The predicted molar refractivity (Wildman–Crippen MR) is 126 cm³/mol. The van der Waals surface area contributed by atoms with Gasteiger partial charge in [0, 0.05) is 23.0 Å². The molecule has 0 radical (unpaired) electrons. The van der Waals surface area contributed by atoms with E-state index in [2.05, 4.69) is 20.6 Å². The summed E-state index contributed by atoms with van der Waals surface area (Å²) in [5.74, 6) is -0.0400. The monoisotopic (exact) mass is 491 g/mol. The number of carbonyl (C=O) groups excluding carboxylic acids is 1. The molecule has 174 valence electrons. The van der Waals surface area contributed by atoms with Crippen molar-refractivity contribution >= 4 is 57.9 Å². The lowest BCUT2D eigenvalue weighted by Gasteiger charge is -2.29. The Bertz CT molecular complexity index is 1180. The first-order chi connectivity index (χ1) is 15.9. The highest BCUT2D eigenvalue weighted by Gasteiger charge is 2.30. The average Bonchev–Trinajstić information content (AvgIpc) is 3.10. The minimum atomic E-state index is -0.582. The lowest BCUT2D eigenvalue weighted by molar-refractivity contribution is -0.122. The molecule has 5 rings (SSSR count). The van der Waals surface area contributed by atoms with Crippen LogP contribution in [0.3, 0.4) is 0 Å². The Morgan fingerprint density at radius 1 is 1.12 bits per heavy atom. The molecule has 0 atom stereocenters. The van der Waals surface area contributed by atoms with Crippen LogP contribution < -0.4 is 16.4 Å². The molecule has 2 aliphatic carbocycles. The molecule has 0 spiro atoms. The molecule has 1 amide bonds. The number of nitrogens with zero attached hydrogens (tertiary/aromatic N) is 4. The van der Waals surface area contributed by atoms with Gasteiger partial charge in [0.25, 0.3) is 0 Å². The van der Waals surface area contributed by atoms with E-state index < -0.39 is 5.82 Å². The number of rotatable bonds is 6. The van der Waals surface area contributed by atoms with Crippen LogP contribution in [0.1, 0.15) is 51.0 Å². The third-order valence-corrected chi connectivity index (χ3v) is 7.10. The Morgan fingerprint density at radius 3 is 2.52 bits per heavy atom. The van der Waals surface area contributed by atoms with Gasteiger partial charge in [-0.2, -0.15) is 4.98 Å². The summed E-state index contributed by atoms with van der Waals surface area (Å²) in [5.41, 5.74) is 6.83. The molecule has 0 saturated heterocycles. The number of carbonyl (C=O) groups is 1. The normalized spacial score (nSPS) is 21.1. The minimum Gasteiger partial charge on any atom is -0.369 e. The van der Waals surface area contributed by atoms with E-state index in [9.17, 15) is 9.18 Å². The number of nitrogens with two attached hydrogens (primary N) is 1. The molecule has 11 heteroatoms. The fourth-order valence-corrected chi connectivity index (χ4v) is 5.04. The molecule has 2 saturated carbocycles. The van der Waals surface area contributed by atoms with Gasteiger partial charge < -0.3 is 16.4 Å². The number of hydrogen-bond acceptors (Lipinski definition) is 6. The number of amides is 1. The average molecular weight is 492 g/mol. The first-order valence-corrected chi connectivity index (χ1v) is 11.9. The molecular weight excluding hydrogens is 468 g/mol. The van der Waals surface area contributed by atoms with E-state index in [0.29, 0.717) is 41.9 Å². The van der Waals surface area contributed by atoms with Crippen LogP contribution in [0.5, 0.6) is 0 Å². The molecule has 0 bridgehead atoms. The van der Waals surface area contributed by atoms with Crippen LogP contribution in [0.25, 0.3) is 11.2 Å². The Kier molecular flexibility index (Phi) is 6.01. The van der Waals surface area contributed by atoms with Gasteiger partial charge in [-0.25, -0.2) is 14.4 Å². The summed E-state index contributed by atoms with van der Waals surface area (Å²) in [6.07, 6.45) is 7.85. The van der Waals surface area contributed by atoms with Gasteiger partial charge in [-0.1, -0.05) is 23.2 Å². The Balaban J connectivity index is 1.54. The van der Waals surface area contributed by atoms with Crippen molar-refractivity contribution in [1.82, 2.24) is 19.5 Å². The zero-order valence-electron chi connectivity index (χ0n) is 17.8. The molecule has 8 nitrogen and oxygen atoms in total. The Hall–Kier alpha value is -2.65. The van der Waals surface area contributed by atoms with Crippen LogP contribution in [0.2, 0.25) is 10.0 Å². The van der Waals surface area contributed by atoms with Crippen LogP contribution >= 0.6 is 23.2 Å². The quantitative estimate of drug-likeness (QED) is 0.437. The van der Waals surface area contributed by atoms with Crippen molar-refractivity contribution in [3.05, 3.63) is 34.2 Å². The van der Waals surface area contributed by atoms with Crippen LogP contribution in [-0.2, 0) is 4.79 Å². The summed E-state index contributed by atoms with van der Waals surface area (Å²) in [5, 5.41) is 6.77. The number of imidazole rings is 1. The predicted octanol–water partition coefficient (Wildman–Crippen LogP) is 5.20. The topological polar surface area (TPSA) is 111 Å². The van der Waals surface area contributed by atoms with Gasteiger partial charge in [-0.3, -0.25) is 9.36 Å². The van der Waals surface area contributed by atoms with E-state index in [1.807, 2.05) is 4.57 Å². The van der Waals surface area contributed by atoms with Crippen molar-refractivity contribution in [3.63, 3.8) is 0 Å². The SMILES string of the molecule is NC(=O)[C@H]1CC[C@H](n2c(Nc3c(F)cc(Cl)cc3Cl)nc3cnc(NC4CCC4)nc32)CC1. The van der Waals surface area contributed by atoms with Crippen molar-refractivity contribution in [2.24, 2.45) is 11.7 Å². The number of hydrogen-bond donors (Lipinski definition) is 3. The van der Waals surface area contributed by atoms with Crippen LogP contribution in [0, 0.1) is 11.7 Å². The molecule has 1 aromatic carbocycles. The summed E-state index contributed by atoms with van der Waals surface area (Å²) < 4.78 is 16.6. The summed E-state index contributed by atoms with van der Waals surface area (Å²) >= 11 is 12.2. The minimum absolute atomic E-state index is 0.00805. The third kappa shape index (κ3) is 4.44. The zero-order valence-corrected chi connectivity index (χ0v) is 19.3. The second-order valence-corrected chi connectivity index (χ2v) is 9.60. The maximum absolute atomic E-state index is 14.7. The van der Waals surface area contributed by atoms with Crippen molar-refractivity contribution in [2.75, 3.05) is 10.6 Å². The second-order valence-electron chi connectivity index (χ2n) is 8.76. The molecule has 2 aromatic heterocycles. The highest BCUT2D eigenvalue weighted by Crippen LogP contribution is 2.38. The van der Waals surface area contributed by atoms with Gasteiger partial charge in [0.15, 0.2) is 5.65 Å². The van der Waals surface area contributed by atoms with E-state index in [1.165, 1.54) is 18.6 Å². The standard InChI is InChI=1S/C22H24Cl2FN7O/c23-12-8-15(24)18(16(25)9-12)30-22-29-17-10-27-21(28-13-2-1-3-13)31-20(17)32(22)14-6-4-11(5-7-14)19(26)33/h8-11,13-14H,1-7H2,(H2,26,33)(H,29,30)(H,27,28,31)/t11-,14-. The molecule has 2 fully saturated rings. The van der Waals surface area contributed by atoms with Gasteiger partial charge in [0.1, 0.15) is 11.3 Å². The van der Waals surface area contributed by atoms with Crippen molar-refractivity contribution < 1.29 is 9.18 Å². The fraction of sp³-hybridized carbons (Fsp3) is 0.455. The number of halogens is 3. The summed E-state index contributed by atoms with van der Waals surface area (Å²) in [4.78, 5) is 25.5.